The Balaban J connectivity index is 1.91. The summed E-state index contributed by atoms with van der Waals surface area (Å²) in [4.78, 5) is 0. The smallest absolute Gasteiger partial charge is 0.00200 e. The fourth-order valence-corrected chi connectivity index (χ4v) is 2.81. The number of nitrogens with one attached hydrogen (secondary N) is 1. The minimum Gasteiger partial charge on any atom is -0.316 e. The molecule has 1 unspecified atom stereocenters. The van der Waals surface area contributed by atoms with Gasteiger partial charge in [-0.2, -0.15) is 0 Å². The summed E-state index contributed by atoms with van der Waals surface area (Å²) >= 11 is 0. The van der Waals surface area contributed by atoms with E-state index in [1.165, 1.54) is 32.1 Å². The van der Waals surface area contributed by atoms with E-state index in [1.807, 2.05) is 0 Å². The fraction of sp³-hybridized carbons (Fsp3) is 0.647. The average molecular weight is 245 g/mol. The van der Waals surface area contributed by atoms with Gasteiger partial charge in [0.1, 0.15) is 0 Å². The molecule has 1 fully saturated rings. The molecule has 1 nitrogen and oxygen atoms in total. The van der Waals surface area contributed by atoms with Gasteiger partial charge in [-0.25, -0.2) is 0 Å². The molecule has 1 saturated carbocycles. The third-order valence-corrected chi connectivity index (χ3v) is 4.09. The van der Waals surface area contributed by atoms with Gasteiger partial charge in [-0.15, -0.1) is 0 Å². The van der Waals surface area contributed by atoms with Gasteiger partial charge in [0.2, 0.25) is 0 Å². The van der Waals surface area contributed by atoms with Gasteiger partial charge in [-0.05, 0) is 61.7 Å². The van der Waals surface area contributed by atoms with Gasteiger partial charge < -0.3 is 5.32 Å². The van der Waals surface area contributed by atoms with E-state index in [0.29, 0.717) is 0 Å². The molecule has 2 rings (SSSR count). The Kier molecular flexibility index (Phi) is 5.25. The minimum absolute atomic E-state index is 0.734. The van der Waals surface area contributed by atoms with E-state index < -0.39 is 0 Å². The molecule has 1 aliphatic rings. The number of hydrogen-bond donors (Lipinski definition) is 1. The molecular weight excluding hydrogens is 218 g/mol. The zero-order chi connectivity index (χ0) is 12.8. The van der Waals surface area contributed by atoms with Crippen LogP contribution in [-0.4, -0.2) is 13.1 Å². The van der Waals surface area contributed by atoms with E-state index in [4.69, 9.17) is 0 Å². The monoisotopic (exact) mass is 245 g/mol. The summed E-state index contributed by atoms with van der Waals surface area (Å²) in [6.07, 6.45) is 6.68. The van der Waals surface area contributed by atoms with E-state index in [2.05, 4.69) is 43.4 Å². The van der Waals surface area contributed by atoms with Crippen molar-refractivity contribution in [1.29, 1.82) is 0 Å². The summed E-state index contributed by atoms with van der Waals surface area (Å²) in [5, 5.41) is 3.53. The van der Waals surface area contributed by atoms with Gasteiger partial charge in [0.05, 0.1) is 0 Å². The van der Waals surface area contributed by atoms with Crippen LogP contribution in [0.5, 0.6) is 0 Å². The van der Waals surface area contributed by atoms with Gasteiger partial charge in [0.15, 0.2) is 0 Å². The molecule has 0 heterocycles. The largest absolute Gasteiger partial charge is 0.316 e. The van der Waals surface area contributed by atoms with Crippen LogP contribution >= 0.6 is 0 Å². The van der Waals surface area contributed by atoms with Crippen molar-refractivity contribution in [3.8, 4) is 0 Å². The van der Waals surface area contributed by atoms with Crippen LogP contribution < -0.4 is 5.32 Å². The topological polar surface area (TPSA) is 12.0 Å². The summed E-state index contributed by atoms with van der Waals surface area (Å²) in [5.41, 5.74) is 3.22. The van der Waals surface area contributed by atoms with Crippen molar-refractivity contribution in [2.24, 2.45) is 5.92 Å². The molecule has 0 radical (unpaired) electrons. The Hall–Kier alpha value is -0.820. The third-order valence-electron chi connectivity index (χ3n) is 4.09. The van der Waals surface area contributed by atoms with E-state index in [9.17, 15) is 0 Å². The third kappa shape index (κ3) is 3.58. The first-order chi connectivity index (χ1) is 8.81. The summed E-state index contributed by atoms with van der Waals surface area (Å²) in [6.45, 7) is 6.88. The summed E-state index contributed by atoms with van der Waals surface area (Å²) in [5.74, 6) is 1.59. The highest BCUT2D eigenvalue weighted by atomic mass is 14.8. The van der Waals surface area contributed by atoms with Crippen molar-refractivity contribution in [2.45, 2.75) is 51.9 Å². The quantitative estimate of drug-likeness (QED) is 0.712. The van der Waals surface area contributed by atoms with Crippen LogP contribution in [-0.2, 0) is 6.42 Å². The molecule has 0 saturated heterocycles. The lowest BCUT2D eigenvalue weighted by atomic mass is 9.77. The van der Waals surface area contributed by atoms with Crippen LogP contribution in [0.15, 0.2) is 24.3 Å². The van der Waals surface area contributed by atoms with Crippen LogP contribution in [0.4, 0.5) is 0 Å². The molecule has 1 heteroatoms. The molecule has 1 aromatic rings. The van der Waals surface area contributed by atoms with Crippen LogP contribution in [0.3, 0.4) is 0 Å². The summed E-state index contributed by atoms with van der Waals surface area (Å²) in [7, 11) is 0. The molecular formula is C17H27N. The summed E-state index contributed by atoms with van der Waals surface area (Å²) in [6, 6.07) is 9.09. The number of hydrogen-bond acceptors (Lipinski definition) is 1. The van der Waals surface area contributed by atoms with E-state index in [-0.39, 0.29) is 0 Å². The average Bonchev–Trinajstić information content (AvgIpc) is 2.30. The summed E-state index contributed by atoms with van der Waals surface area (Å²) < 4.78 is 0. The Labute approximate surface area is 112 Å². The SMILES string of the molecule is CCCNCC(C)Cc1ccccc1C1CCC1. The first-order valence-corrected chi connectivity index (χ1v) is 7.59. The molecule has 1 aliphatic carbocycles. The molecule has 0 bridgehead atoms. The van der Waals surface area contributed by atoms with E-state index in [0.717, 1.165) is 24.9 Å². The Bertz CT molecular complexity index is 354. The zero-order valence-electron chi connectivity index (χ0n) is 11.9. The lowest BCUT2D eigenvalue weighted by Crippen LogP contribution is -2.23. The highest BCUT2D eigenvalue weighted by Crippen LogP contribution is 2.38. The highest BCUT2D eigenvalue weighted by molar-refractivity contribution is 5.32. The van der Waals surface area contributed by atoms with Gasteiger partial charge >= 0.3 is 0 Å². The molecule has 1 atom stereocenters. The predicted octanol–water partition coefficient (Wildman–Crippen LogP) is 4.13. The zero-order valence-corrected chi connectivity index (χ0v) is 11.9. The highest BCUT2D eigenvalue weighted by Gasteiger charge is 2.22. The minimum atomic E-state index is 0.734. The second kappa shape index (κ2) is 6.94. The van der Waals surface area contributed by atoms with Gasteiger partial charge in [0.25, 0.3) is 0 Å². The van der Waals surface area contributed by atoms with Gasteiger partial charge in [-0.1, -0.05) is 44.5 Å². The van der Waals surface area contributed by atoms with Crippen LogP contribution in [0.1, 0.15) is 56.6 Å². The maximum atomic E-state index is 3.53. The molecule has 1 N–H and O–H groups in total. The van der Waals surface area contributed by atoms with Crippen molar-refractivity contribution < 1.29 is 0 Å². The predicted molar refractivity (Wildman–Crippen MR) is 79.1 cm³/mol. The Morgan fingerprint density at radius 2 is 2.06 bits per heavy atom. The number of rotatable bonds is 7. The van der Waals surface area contributed by atoms with Crippen molar-refractivity contribution in [3.63, 3.8) is 0 Å². The van der Waals surface area contributed by atoms with Crippen molar-refractivity contribution >= 4 is 0 Å². The van der Waals surface area contributed by atoms with Crippen molar-refractivity contribution in [1.82, 2.24) is 5.32 Å². The second-order valence-electron chi connectivity index (χ2n) is 5.84. The molecule has 0 spiro atoms. The maximum Gasteiger partial charge on any atom is -0.00200 e. The lowest BCUT2D eigenvalue weighted by molar-refractivity contribution is 0.414. The van der Waals surface area contributed by atoms with Gasteiger partial charge in [0, 0.05) is 0 Å². The van der Waals surface area contributed by atoms with Crippen molar-refractivity contribution in [3.05, 3.63) is 35.4 Å². The lowest BCUT2D eigenvalue weighted by Gasteiger charge is -2.28. The molecule has 0 aliphatic heterocycles. The van der Waals surface area contributed by atoms with E-state index >= 15 is 0 Å². The van der Waals surface area contributed by atoms with E-state index in [1.54, 1.807) is 11.1 Å². The molecule has 18 heavy (non-hydrogen) atoms. The standard InChI is InChI=1S/C17H27N/c1-3-11-18-13-14(2)12-16-7-4-5-10-17(16)15-8-6-9-15/h4-5,7,10,14-15,18H,3,6,8-9,11-13H2,1-2H3. The fourth-order valence-electron chi connectivity index (χ4n) is 2.81. The molecule has 1 aromatic carbocycles. The molecule has 0 aromatic heterocycles. The maximum absolute atomic E-state index is 3.53. The first kappa shape index (κ1) is 13.6. The molecule has 100 valence electrons. The normalized spacial score (nSPS) is 17.4. The van der Waals surface area contributed by atoms with Crippen LogP contribution in [0, 0.1) is 5.92 Å². The number of benzene rings is 1. The molecule has 0 amide bonds. The van der Waals surface area contributed by atoms with Crippen molar-refractivity contribution in [2.75, 3.05) is 13.1 Å². The van der Waals surface area contributed by atoms with Crippen LogP contribution in [0.2, 0.25) is 0 Å². The Morgan fingerprint density at radius 1 is 1.28 bits per heavy atom. The van der Waals surface area contributed by atoms with Crippen LogP contribution in [0.25, 0.3) is 0 Å². The Morgan fingerprint density at radius 3 is 2.72 bits per heavy atom. The van der Waals surface area contributed by atoms with Gasteiger partial charge in [-0.3, -0.25) is 0 Å². The first-order valence-electron chi connectivity index (χ1n) is 7.59. The second-order valence-corrected chi connectivity index (χ2v) is 5.84.